The van der Waals surface area contributed by atoms with Gasteiger partial charge in [-0.3, -0.25) is 9.36 Å². The van der Waals surface area contributed by atoms with Crippen molar-refractivity contribution in [2.45, 2.75) is 25.8 Å². The predicted octanol–water partition coefficient (Wildman–Crippen LogP) is 2.83. The number of rotatable bonds is 4. The molecule has 11 heteroatoms. The van der Waals surface area contributed by atoms with Crippen LogP contribution in [0.1, 0.15) is 30.3 Å². The molecule has 1 aromatic carbocycles. The van der Waals surface area contributed by atoms with Crippen molar-refractivity contribution in [3.05, 3.63) is 69.1 Å². The molecule has 0 bridgehead atoms. The minimum absolute atomic E-state index is 0.100. The summed E-state index contributed by atoms with van der Waals surface area (Å²) in [5.74, 6) is 1.62. The Labute approximate surface area is 199 Å². The first-order valence-corrected chi connectivity index (χ1v) is 10.9. The quantitative estimate of drug-likeness (QED) is 0.476. The number of nitrogen functional groups attached to an aromatic ring is 1. The van der Waals surface area contributed by atoms with Crippen molar-refractivity contribution < 1.29 is 4.74 Å². The van der Waals surface area contributed by atoms with Crippen LogP contribution in [0.25, 0.3) is 11.2 Å². The van der Waals surface area contributed by atoms with Gasteiger partial charge >= 0.3 is 0 Å². The highest BCUT2D eigenvalue weighted by Crippen LogP contribution is 2.44. The molecule has 1 aliphatic rings. The molecule has 0 radical (unpaired) electrons. The van der Waals surface area contributed by atoms with Gasteiger partial charge in [0.05, 0.1) is 17.8 Å². The lowest BCUT2D eigenvalue weighted by molar-refractivity contribution is 0.277. The Morgan fingerprint density at radius 2 is 2.09 bits per heavy atom. The van der Waals surface area contributed by atoms with Crippen LogP contribution in [-0.2, 0) is 5.54 Å². The molecule has 4 heterocycles. The number of hydrogen-bond acceptors (Lipinski definition) is 8. The highest BCUT2D eigenvalue weighted by atomic mass is 35.5. The monoisotopic (exact) mass is 476 g/mol. The number of nitrogens with two attached hydrogens (primary N) is 1. The van der Waals surface area contributed by atoms with Crippen LogP contribution in [0.5, 0.6) is 5.75 Å². The molecule has 1 fully saturated rings. The topological polar surface area (TPSA) is 127 Å². The van der Waals surface area contributed by atoms with E-state index in [1.807, 2.05) is 36.9 Å². The molecular formula is C23H21ClN8O2. The van der Waals surface area contributed by atoms with Gasteiger partial charge in [-0.1, -0.05) is 17.7 Å². The van der Waals surface area contributed by atoms with E-state index in [4.69, 9.17) is 27.2 Å². The Bertz CT molecular complexity index is 1550. The Balaban J connectivity index is 1.82. The van der Waals surface area contributed by atoms with Crippen LogP contribution in [0.3, 0.4) is 0 Å². The number of nitrogens with zero attached hydrogens (tertiary/aromatic N) is 7. The van der Waals surface area contributed by atoms with E-state index in [0.29, 0.717) is 41.1 Å². The number of benzene rings is 1. The first-order valence-electron chi connectivity index (χ1n) is 10.5. The van der Waals surface area contributed by atoms with Gasteiger partial charge in [-0.2, -0.15) is 10.4 Å². The summed E-state index contributed by atoms with van der Waals surface area (Å²) in [5, 5.41) is 14.8. The zero-order valence-corrected chi connectivity index (χ0v) is 19.5. The van der Waals surface area contributed by atoms with Crippen LogP contribution in [-0.4, -0.2) is 37.8 Å². The lowest BCUT2D eigenvalue weighted by Gasteiger charge is -2.51. The largest absolute Gasteiger partial charge is 0.496 e. The molecule has 34 heavy (non-hydrogen) atoms. The molecule has 0 saturated carbocycles. The van der Waals surface area contributed by atoms with Crippen LogP contribution in [0.2, 0.25) is 5.02 Å². The third-order valence-corrected chi connectivity index (χ3v) is 6.78. The molecule has 5 rings (SSSR count). The van der Waals surface area contributed by atoms with E-state index in [9.17, 15) is 10.1 Å². The maximum atomic E-state index is 13.9. The zero-order chi connectivity index (χ0) is 24.2. The minimum Gasteiger partial charge on any atom is -0.496 e. The molecule has 0 spiro atoms. The Kier molecular flexibility index (Phi) is 4.95. The highest BCUT2D eigenvalue weighted by Gasteiger charge is 2.48. The molecule has 4 aromatic rings. The second kappa shape index (κ2) is 7.74. The first kappa shape index (κ1) is 21.7. The Morgan fingerprint density at radius 1 is 1.29 bits per heavy atom. The van der Waals surface area contributed by atoms with E-state index in [1.165, 1.54) is 10.8 Å². The van der Waals surface area contributed by atoms with Gasteiger partial charge in [0.2, 0.25) is 0 Å². The third kappa shape index (κ3) is 2.94. The maximum absolute atomic E-state index is 13.9. The number of ether oxygens (including phenoxy) is 1. The fourth-order valence-electron chi connectivity index (χ4n) is 4.50. The summed E-state index contributed by atoms with van der Waals surface area (Å²) in [6.45, 7) is 4.44. The average molecular weight is 477 g/mol. The van der Waals surface area contributed by atoms with Gasteiger partial charge < -0.3 is 15.4 Å². The van der Waals surface area contributed by atoms with E-state index in [-0.39, 0.29) is 22.5 Å². The van der Waals surface area contributed by atoms with Gasteiger partial charge in [0.25, 0.3) is 5.56 Å². The van der Waals surface area contributed by atoms with Gasteiger partial charge in [-0.05, 0) is 38.5 Å². The van der Waals surface area contributed by atoms with Gasteiger partial charge in [0, 0.05) is 18.3 Å². The molecule has 10 nitrogen and oxygen atoms in total. The molecule has 0 amide bonds. The van der Waals surface area contributed by atoms with Crippen molar-refractivity contribution in [2.24, 2.45) is 0 Å². The fourth-order valence-corrected chi connectivity index (χ4v) is 4.73. The van der Waals surface area contributed by atoms with Gasteiger partial charge in [-0.15, -0.1) is 0 Å². The molecule has 1 saturated heterocycles. The minimum atomic E-state index is -0.772. The van der Waals surface area contributed by atoms with E-state index >= 15 is 0 Å². The lowest BCUT2D eigenvalue weighted by Crippen LogP contribution is -2.59. The van der Waals surface area contributed by atoms with Gasteiger partial charge in [-0.25, -0.2) is 14.5 Å². The summed E-state index contributed by atoms with van der Waals surface area (Å²) in [6.07, 6.45) is 3.64. The van der Waals surface area contributed by atoms with Crippen LogP contribution in [0, 0.1) is 18.3 Å². The lowest BCUT2D eigenvalue weighted by atomic mass is 9.84. The van der Waals surface area contributed by atoms with Crippen molar-refractivity contribution in [3.63, 3.8) is 0 Å². The second-order valence-corrected chi connectivity index (χ2v) is 8.68. The summed E-state index contributed by atoms with van der Waals surface area (Å²) in [6, 6.07) is 9.23. The molecular weight excluding hydrogens is 456 g/mol. The number of fused-ring (bicyclic) bond motifs is 1. The number of methoxy groups -OCH3 is 1. The summed E-state index contributed by atoms with van der Waals surface area (Å²) in [7, 11) is 1.58. The predicted molar refractivity (Wildman–Crippen MR) is 128 cm³/mol. The van der Waals surface area contributed by atoms with Crippen LogP contribution < -0.4 is 20.9 Å². The van der Waals surface area contributed by atoms with E-state index in [0.717, 1.165) is 5.56 Å². The SMILES string of the molecule is COc1cccc(-n2c([C@]3(C)CCN3c3ncnc(N)c3C#N)nn3ccc(Cl)c3c2=O)c1C. The van der Waals surface area contributed by atoms with Crippen molar-refractivity contribution in [2.75, 3.05) is 24.3 Å². The van der Waals surface area contributed by atoms with Crippen LogP contribution in [0.15, 0.2) is 41.6 Å². The highest BCUT2D eigenvalue weighted by molar-refractivity contribution is 6.33. The maximum Gasteiger partial charge on any atom is 0.284 e. The molecule has 3 aromatic heterocycles. The molecule has 0 unspecified atom stereocenters. The number of halogens is 1. The molecule has 172 valence electrons. The first-order chi connectivity index (χ1) is 16.3. The fraction of sp³-hybridized carbons (Fsp3) is 0.261. The second-order valence-electron chi connectivity index (χ2n) is 8.27. The van der Waals surface area contributed by atoms with Gasteiger partial charge in [0.1, 0.15) is 40.6 Å². The standard InChI is InChI=1S/C23H21ClN8O2/c1-13-16(5-4-6-17(13)34-3)32-21(33)18-15(24)7-9-31(18)29-22(32)23(2)8-10-30(23)20-14(11-25)19(26)27-12-28-20/h4-7,9,12H,8,10H2,1-3H3,(H2,26,27,28)/t23-/m0/s1. The van der Waals surface area contributed by atoms with Crippen molar-refractivity contribution in [3.8, 4) is 17.5 Å². The van der Waals surface area contributed by atoms with E-state index in [2.05, 4.69) is 16.0 Å². The molecule has 1 atom stereocenters. The molecule has 0 aliphatic carbocycles. The smallest absolute Gasteiger partial charge is 0.284 e. The third-order valence-electron chi connectivity index (χ3n) is 6.48. The van der Waals surface area contributed by atoms with E-state index < -0.39 is 5.54 Å². The normalized spacial score (nSPS) is 17.4. The zero-order valence-electron chi connectivity index (χ0n) is 18.8. The molecule has 2 N–H and O–H groups in total. The van der Waals surface area contributed by atoms with E-state index in [1.54, 1.807) is 23.9 Å². The van der Waals surface area contributed by atoms with Crippen LogP contribution >= 0.6 is 11.6 Å². The van der Waals surface area contributed by atoms with Crippen molar-refractivity contribution in [1.82, 2.24) is 24.1 Å². The Morgan fingerprint density at radius 3 is 2.76 bits per heavy atom. The Hall–Kier alpha value is -4.10. The van der Waals surface area contributed by atoms with Gasteiger partial charge in [0.15, 0.2) is 11.6 Å². The summed E-state index contributed by atoms with van der Waals surface area (Å²) in [5.41, 5.74) is 6.72. The number of anilines is 2. The van der Waals surface area contributed by atoms with Crippen molar-refractivity contribution in [1.29, 1.82) is 5.26 Å². The molecule has 1 aliphatic heterocycles. The number of hydrogen-bond donors (Lipinski definition) is 1. The summed E-state index contributed by atoms with van der Waals surface area (Å²) < 4.78 is 8.56. The summed E-state index contributed by atoms with van der Waals surface area (Å²) in [4.78, 5) is 24.1. The summed E-state index contributed by atoms with van der Waals surface area (Å²) >= 11 is 6.36. The number of nitriles is 1. The number of aromatic nitrogens is 5. The van der Waals surface area contributed by atoms with Crippen LogP contribution in [0.4, 0.5) is 11.6 Å². The van der Waals surface area contributed by atoms with Crippen molar-refractivity contribution >= 4 is 28.8 Å². The average Bonchev–Trinajstić information content (AvgIpc) is 3.19.